The van der Waals surface area contributed by atoms with E-state index in [0.717, 1.165) is 16.3 Å². The Kier molecular flexibility index (Phi) is 10.5. The molecule has 0 heterocycles. The number of aliphatic imine (C=N–C) groups is 1. The lowest BCUT2D eigenvalue weighted by Gasteiger charge is -2.24. The first kappa shape index (κ1) is 27.6. The van der Waals surface area contributed by atoms with Crippen molar-refractivity contribution >= 4 is 34.5 Å². The molecule has 10 nitrogen and oxygen atoms in total. The molecule has 2 rings (SSSR count). The first-order chi connectivity index (χ1) is 16.6. The molecule has 10 N–H and O–H groups in total. The Hall–Kier alpha value is -3.66. The smallest absolute Gasteiger partial charge is 0.243 e. The third-order valence-corrected chi connectivity index (χ3v) is 5.61. The minimum atomic E-state index is -0.937. The zero-order chi connectivity index (χ0) is 26.0. The van der Waals surface area contributed by atoms with Gasteiger partial charge in [0.1, 0.15) is 12.1 Å². The molecule has 0 aliphatic heterocycles. The highest BCUT2D eigenvalue weighted by molar-refractivity contribution is 5.93. The van der Waals surface area contributed by atoms with E-state index in [2.05, 4.69) is 15.6 Å². The number of carbonyl (C=O) groups excluding carboxylic acids is 3. The zero-order valence-electron chi connectivity index (χ0n) is 20.4. The van der Waals surface area contributed by atoms with Crippen molar-refractivity contribution in [2.45, 2.75) is 57.7 Å². The van der Waals surface area contributed by atoms with E-state index in [1.165, 1.54) is 0 Å². The van der Waals surface area contributed by atoms with Crippen LogP contribution >= 0.6 is 0 Å². The molecule has 0 fully saturated rings. The Morgan fingerprint density at radius 1 is 0.914 bits per heavy atom. The van der Waals surface area contributed by atoms with Crippen LogP contribution in [0.5, 0.6) is 0 Å². The number of fused-ring (bicyclic) bond motifs is 1. The van der Waals surface area contributed by atoms with E-state index in [1.807, 2.05) is 56.3 Å². The molecule has 0 saturated carbocycles. The summed E-state index contributed by atoms with van der Waals surface area (Å²) in [6.45, 7) is 4.22. The van der Waals surface area contributed by atoms with Crippen LogP contribution in [0.1, 0.15) is 38.7 Å². The van der Waals surface area contributed by atoms with Crippen LogP contribution in [0.4, 0.5) is 0 Å². The van der Waals surface area contributed by atoms with Crippen LogP contribution in [0.25, 0.3) is 10.8 Å². The topological polar surface area (TPSA) is 192 Å². The fourth-order valence-electron chi connectivity index (χ4n) is 3.82. The van der Waals surface area contributed by atoms with Crippen molar-refractivity contribution in [2.24, 2.45) is 33.8 Å². The number of nitrogens with two attached hydrogens (primary N) is 4. The van der Waals surface area contributed by atoms with Gasteiger partial charge in [-0.1, -0.05) is 56.3 Å². The number of hydrogen-bond acceptors (Lipinski definition) is 5. The fraction of sp³-hybridized carbons (Fsp3) is 0.440. The number of carbonyl (C=O) groups is 3. The quantitative estimate of drug-likeness (QED) is 0.134. The van der Waals surface area contributed by atoms with E-state index in [4.69, 9.17) is 22.9 Å². The SMILES string of the molecule is CC(C)C[C@H](NC(=O)[C@@H](N)CCCN=C(N)N)C(=O)N[C@@H](Cc1cccc2ccccc12)C(N)=O. The summed E-state index contributed by atoms with van der Waals surface area (Å²) >= 11 is 0. The summed E-state index contributed by atoms with van der Waals surface area (Å²) in [6.07, 6.45) is 1.47. The normalized spacial score (nSPS) is 13.6. The van der Waals surface area contributed by atoms with Gasteiger partial charge in [0.15, 0.2) is 5.96 Å². The Bertz CT molecular complexity index is 1050. The van der Waals surface area contributed by atoms with Crippen LogP contribution < -0.4 is 33.6 Å². The highest BCUT2D eigenvalue weighted by Crippen LogP contribution is 2.20. The molecule has 3 atom stereocenters. The second-order valence-electron chi connectivity index (χ2n) is 9.05. The summed E-state index contributed by atoms with van der Waals surface area (Å²) in [5.41, 5.74) is 23.1. The monoisotopic (exact) mass is 483 g/mol. The van der Waals surface area contributed by atoms with Gasteiger partial charge in [0.2, 0.25) is 17.7 Å². The molecule has 35 heavy (non-hydrogen) atoms. The van der Waals surface area contributed by atoms with E-state index in [9.17, 15) is 14.4 Å². The van der Waals surface area contributed by atoms with Gasteiger partial charge in [0.25, 0.3) is 0 Å². The number of rotatable bonds is 13. The Morgan fingerprint density at radius 2 is 1.57 bits per heavy atom. The van der Waals surface area contributed by atoms with Crippen molar-refractivity contribution < 1.29 is 14.4 Å². The van der Waals surface area contributed by atoms with Crippen molar-refractivity contribution in [3.63, 3.8) is 0 Å². The van der Waals surface area contributed by atoms with Gasteiger partial charge in [-0.05, 0) is 41.5 Å². The van der Waals surface area contributed by atoms with E-state index >= 15 is 0 Å². The molecule has 190 valence electrons. The Labute approximate surface area is 205 Å². The molecule has 0 spiro atoms. The highest BCUT2D eigenvalue weighted by Gasteiger charge is 2.28. The van der Waals surface area contributed by atoms with Gasteiger partial charge in [-0.15, -0.1) is 0 Å². The van der Waals surface area contributed by atoms with Crippen molar-refractivity contribution in [3.05, 3.63) is 48.0 Å². The number of amides is 3. The number of nitrogens with zero attached hydrogens (tertiary/aromatic N) is 1. The summed E-state index contributed by atoms with van der Waals surface area (Å²) in [6, 6.07) is 10.9. The molecular weight excluding hydrogens is 446 g/mol. The lowest BCUT2D eigenvalue weighted by atomic mass is 9.97. The summed E-state index contributed by atoms with van der Waals surface area (Å²) in [7, 11) is 0. The summed E-state index contributed by atoms with van der Waals surface area (Å²) in [5.74, 6) is -1.51. The van der Waals surface area contributed by atoms with Crippen LogP contribution in [0.2, 0.25) is 0 Å². The maximum Gasteiger partial charge on any atom is 0.243 e. The summed E-state index contributed by atoms with van der Waals surface area (Å²) in [5, 5.41) is 7.46. The van der Waals surface area contributed by atoms with Crippen molar-refractivity contribution in [3.8, 4) is 0 Å². The first-order valence-corrected chi connectivity index (χ1v) is 11.8. The maximum absolute atomic E-state index is 13.1. The van der Waals surface area contributed by atoms with Crippen LogP contribution in [-0.4, -0.2) is 48.4 Å². The van der Waals surface area contributed by atoms with Crippen LogP contribution in [0, 0.1) is 5.92 Å². The Balaban J connectivity index is 2.08. The number of guanidine groups is 1. The molecule has 0 radical (unpaired) electrons. The lowest BCUT2D eigenvalue weighted by molar-refractivity contribution is -0.132. The van der Waals surface area contributed by atoms with Gasteiger partial charge in [-0.2, -0.15) is 0 Å². The molecule has 0 saturated heterocycles. The molecule has 0 unspecified atom stereocenters. The van der Waals surface area contributed by atoms with E-state index in [1.54, 1.807) is 0 Å². The molecule has 10 heteroatoms. The average molecular weight is 484 g/mol. The van der Waals surface area contributed by atoms with Crippen LogP contribution in [0.3, 0.4) is 0 Å². The number of primary amides is 1. The van der Waals surface area contributed by atoms with E-state index in [-0.39, 0.29) is 18.3 Å². The molecule has 3 amide bonds. The minimum Gasteiger partial charge on any atom is -0.370 e. The number of hydrogen-bond donors (Lipinski definition) is 6. The average Bonchev–Trinajstić information content (AvgIpc) is 2.80. The van der Waals surface area contributed by atoms with Gasteiger partial charge < -0.3 is 33.6 Å². The molecule has 0 aliphatic carbocycles. The second kappa shape index (κ2) is 13.3. The second-order valence-corrected chi connectivity index (χ2v) is 9.05. The summed E-state index contributed by atoms with van der Waals surface area (Å²) in [4.78, 5) is 41.8. The molecule has 2 aromatic rings. The maximum atomic E-state index is 13.1. The first-order valence-electron chi connectivity index (χ1n) is 11.8. The fourth-order valence-corrected chi connectivity index (χ4v) is 3.82. The molecule has 2 aromatic carbocycles. The summed E-state index contributed by atoms with van der Waals surface area (Å²) < 4.78 is 0. The van der Waals surface area contributed by atoms with Crippen LogP contribution in [-0.2, 0) is 20.8 Å². The minimum absolute atomic E-state index is 0.0239. The third-order valence-electron chi connectivity index (χ3n) is 5.61. The third kappa shape index (κ3) is 8.90. The number of benzene rings is 2. The number of nitrogens with one attached hydrogen (secondary N) is 2. The Morgan fingerprint density at radius 3 is 2.23 bits per heavy atom. The van der Waals surface area contributed by atoms with Gasteiger partial charge in [0, 0.05) is 13.0 Å². The van der Waals surface area contributed by atoms with Crippen LogP contribution in [0.15, 0.2) is 47.5 Å². The van der Waals surface area contributed by atoms with Gasteiger partial charge in [-0.25, -0.2) is 0 Å². The standard InChI is InChI=1S/C25H37N7O3/c1-15(2)13-21(32-23(34)19(26)11-6-12-30-25(28)29)24(35)31-20(22(27)33)14-17-9-5-8-16-7-3-4-10-18(16)17/h3-5,7-10,15,19-21H,6,11-14,26H2,1-2H3,(H2,27,33)(H,31,35)(H,32,34)(H4,28,29,30)/t19-,20-,21-/m0/s1. The molecular formula is C25H37N7O3. The molecule has 0 bridgehead atoms. The molecule has 0 aliphatic rings. The highest BCUT2D eigenvalue weighted by atomic mass is 16.2. The van der Waals surface area contributed by atoms with Gasteiger partial charge in [0.05, 0.1) is 6.04 Å². The lowest BCUT2D eigenvalue weighted by Crippen LogP contribution is -2.56. The van der Waals surface area contributed by atoms with Crippen molar-refractivity contribution in [1.82, 2.24) is 10.6 Å². The largest absolute Gasteiger partial charge is 0.370 e. The van der Waals surface area contributed by atoms with Crippen molar-refractivity contribution in [1.29, 1.82) is 0 Å². The van der Waals surface area contributed by atoms with Crippen molar-refractivity contribution in [2.75, 3.05) is 6.54 Å². The molecule has 0 aromatic heterocycles. The van der Waals surface area contributed by atoms with E-state index in [0.29, 0.717) is 25.8 Å². The predicted molar refractivity (Wildman–Crippen MR) is 138 cm³/mol. The predicted octanol–water partition coefficient (Wildman–Crippen LogP) is 0.264. The van der Waals surface area contributed by atoms with E-state index < -0.39 is 35.8 Å². The zero-order valence-corrected chi connectivity index (χ0v) is 20.4. The van der Waals surface area contributed by atoms with Gasteiger partial charge in [-0.3, -0.25) is 19.4 Å². The van der Waals surface area contributed by atoms with Gasteiger partial charge >= 0.3 is 0 Å².